The first-order valence-electron chi connectivity index (χ1n) is 12.5. The Morgan fingerprint density at radius 2 is 1.70 bits per heavy atom. The van der Waals surface area contributed by atoms with Crippen LogP contribution in [0.2, 0.25) is 5.02 Å². The van der Waals surface area contributed by atoms with Gasteiger partial charge in [0.25, 0.3) is 0 Å². The van der Waals surface area contributed by atoms with Crippen molar-refractivity contribution in [1.29, 1.82) is 0 Å². The molecular formula is C28H40ClN3O4S. The molecule has 0 aliphatic rings. The number of nitrogens with zero attached hydrogens (tertiary/aromatic N) is 2. The number of anilines is 1. The summed E-state index contributed by atoms with van der Waals surface area (Å²) in [7, 11) is -3.56. The Labute approximate surface area is 227 Å². The van der Waals surface area contributed by atoms with E-state index in [1.807, 2.05) is 71.9 Å². The van der Waals surface area contributed by atoms with Crippen molar-refractivity contribution in [2.45, 2.75) is 78.9 Å². The summed E-state index contributed by atoms with van der Waals surface area (Å²) < 4.78 is 26.6. The van der Waals surface area contributed by atoms with Crippen LogP contribution in [0, 0.1) is 13.8 Å². The van der Waals surface area contributed by atoms with Crippen molar-refractivity contribution in [2.24, 2.45) is 0 Å². The average Bonchev–Trinajstić information content (AvgIpc) is 2.78. The minimum atomic E-state index is -3.56. The predicted octanol–water partition coefficient (Wildman–Crippen LogP) is 5.23. The molecule has 2 rings (SSSR count). The van der Waals surface area contributed by atoms with Crippen molar-refractivity contribution in [3.63, 3.8) is 0 Å². The molecule has 2 amide bonds. The summed E-state index contributed by atoms with van der Waals surface area (Å²) >= 11 is 6.39. The second kappa shape index (κ2) is 12.8. The van der Waals surface area contributed by atoms with E-state index >= 15 is 0 Å². The van der Waals surface area contributed by atoms with E-state index in [-0.39, 0.29) is 31.3 Å². The molecule has 0 heterocycles. The number of halogens is 1. The molecule has 2 aromatic rings. The van der Waals surface area contributed by atoms with Gasteiger partial charge in [-0.3, -0.25) is 13.9 Å². The molecule has 0 unspecified atom stereocenters. The Kier molecular flexibility index (Phi) is 10.6. The van der Waals surface area contributed by atoms with Crippen LogP contribution in [0.5, 0.6) is 0 Å². The number of aryl methyl sites for hydroxylation is 1. The van der Waals surface area contributed by atoms with Crippen LogP contribution in [0.25, 0.3) is 0 Å². The molecule has 0 aromatic heterocycles. The average molecular weight is 550 g/mol. The summed E-state index contributed by atoms with van der Waals surface area (Å²) in [5.41, 5.74) is 2.77. The number of nitrogens with one attached hydrogen (secondary N) is 1. The quantitative estimate of drug-likeness (QED) is 0.416. The van der Waals surface area contributed by atoms with Gasteiger partial charge in [0.15, 0.2) is 0 Å². The fraction of sp³-hybridized carbons (Fsp3) is 0.500. The minimum Gasteiger partial charge on any atom is -0.350 e. The lowest BCUT2D eigenvalue weighted by atomic mass is 10.0. The van der Waals surface area contributed by atoms with Crippen LogP contribution < -0.4 is 9.62 Å². The smallest absolute Gasteiger partial charge is 0.243 e. The Morgan fingerprint density at radius 1 is 1.05 bits per heavy atom. The Bertz CT molecular complexity index is 1210. The van der Waals surface area contributed by atoms with Crippen molar-refractivity contribution in [3.05, 3.63) is 64.2 Å². The molecule has 0 radical (unpaired) electrons. The molecule has 204 valence electrons. The van der Waals surface area contributed by atoms with Crippen LogP contribution in [-0.2, 0) is 26.2 Å². The summed E-state index contributed by atoms with van der Waals surface area (Å²) in [5.74, 6) is -0.464. The van der Waals surface area contributed by atoms with Gasteiger partial charge in [-0.15, -0.1) is 0 Å². The molecule has 7 nitrogen and oxygen atoms in total. The summed E-state index contributed by atoms with van der Waals surface area (Å²) in [6, 6.07) is 12.1. The number of hydrogen-bond acceptors (Lipinski definition) is 4. The van der Waals surface area contributed by atoms with Gasteiger partial charge in [-0.25, -0.2) is 8.42 Å². The topological polar surface area (TPSA) is 86.8 Å². The number of carbonyl (C=O) groups excluding carboxylic acids is 2. The van der Waals surface area contributed by atoms with Crippen molar-refractivity contribution in [2.75, 3.05) is 17.1 Å². The van der Waals surface area contributed by atoms with Crippen molar-refractivity contribution < 1.29 is 18.0 Å². The molecule has 1 N–H and O–H groups in total. The number of hydrogen-bond donors (Lipinski definition) is 1. The zero-order valence-electron chi connectivity index (χ0n) is 23.0. The van der Waals surface area contributed by atoms with Gasteiger partial charge >= 0.3 is 0 Å². The molecule has 0 aliphatic carbocycles. The van der Waals surface area contributed by atoms with Crippen LogP contribution in [0.3, 0.4) is 0 Å². The van der Waals surface area contributed by atoms with Gasteiger partial charge < -0.3 is 10.2 Å². The molecule has 0 saturated carbocycles. The van der Waals surface area contributed by atoms with Gasteiger partial charge in [0.05, 0.1) is 11.9 Å². The van der Waals surface area contributed by atoms with Crippen LogP contribution in [0.1, 0.15) is 63.6 Å². The Balaban J connectivity index is 2.29. The normalized spacial score (nSPS) is 12.6. The van der Waals surface area contributed by atoms with E-state index in [1.54, 1.807) is 17.0 Å². The molecule has 37 heavy (non-hydrogen) atoms. The minimum absolute atomic E-state index is 0.0840. The van der Waals surface area contributed by atoms with Crippen molar-refractivity contribution in [3.8, 4) is 0 Å². The highest BCUT2D eigenvalue weighted by molar-refractivity contribution is 7.92. The molecule has 0 aliphatic heterocycles. The lowest BCUT2D eigenvalue weighted by Gasteiger charge is -2.33. The second-order valence-corrected chi connectivity index (χ2v) is 12.7. The maximum absolute atomic E-state index is 13.6. The van der Waals surface area contributed by atoms with Gasteiger partial charge in [0, 0.05) is 30.1 Å². The fourth-order valence-electron chi connectivity index (χ4n) is 4.17. The summed E-state index contributed by atoms with van der Waals surface area (Å²) in [6.45, 7) is 11.7. The third-order valence-corrected chi connectivity index (χ3v) is 7.73. The van der Waals surface area contributed by atoms with Gasteiger partial charge in [-0.2, -0.15) is 0 Å². The third-order valence-electron chi connectivity index (χ3n) is 6.18. The third kappa shape index (κ3) is 8.75. The monoisotopic (exact) mass is 549 g/mol. The molecule has 0 bridgehead atoms. The first kappa shape index (κ1) is 30.6. The number of amides is 2. The van der Waals surface area contributed by atoms with E-state index in [4.69, 9.17) is 11.6 Å². The van der Waals surface area contributed by atoms with E-state index in [0.717, 1.165) is 16.7 Å². The largest absolute Gasteiger partial charge is 0.350 e. The second-order valence-electron chi connectivity index (χ2n) is 10.4. The lowest BCUT2D eigenvalue weighted by Crippen LogP contribution is -2.53. The molecule has 9 heteroatoms. The molecule has 0 fully saturated rings. The lowest BCUT2D eigenvalue weighted by molar-refractivity contribution is -0.142. The highest BCUT2D eigenvalue weighted by Crippen LogP contribution is 2.26. The zero-order chi connectivity index (χ0) is 28.0. The van der Waals surface area contributed by atoms with E-state index in [0.29, 0.717) is 23.6 Å². The first-order chi connectivity index (χ1) is 17.2. The highest BCUT2D eigenvalue weighted by atomic mass is 35.5. The molecule has 0 spiro atoms. The van der Waals surface area contributed by atoms with Gasteiger partial charge in [-0.05, 0) is 76.3 Å². The summed E-state index contributed by atoms with van der Waals surface area (Å²) in [4.78, 5) is 28.3. The zero-order valence-corrected chi connectivity index (χ0v) is 24.5. The van der Waals surface area contributed by atoms with Crippen LogP contribution in [-0.4, -0.2) is 49.5 Å². The van der Waals surface area contributed by atoms with E-state index < -0.39 is 21.6 Å². The van der Waals surface area contributed by atoms with E-state index in [9.17, 15) is 18.0 Å². The highest BCUT2D eigenvalue weighted by Gasteiger charge is 2.31. The van der Waals surface area contributed by atoms with Crippen LogP contribution >= 0.6 is 11.6 Å². The molecule has 2 aromatic carbocycles. The van der Waals surface area contributed by atoms with Gasteiger partial charge in [-0.1, -0.05) is 48.9 Å². The van der Waals surface area contributed by atoms with Gasteiger partial charge in [0.1, 0.15) is 6.04 Å². The summed E-state index contributed by atoms with van der Waals surface area (Å²) in [5, 5.41) is 3.50. The summed E-state index contributed by atoms with van der Waals surface area (Å²) in [6.07, 6.45) is 1.98. The van der Waals surface area contributed by atoms with Gasteiger partial charge in [0.2, 0.25) is 21.8 Å². The molecule has 0 saturated heterocycles. The van der Waals surface area contributed by atoms with Crippen LogP contribution in [0.4, 0.5) is 5.69 Å². The number of rotatable bonds is 11. The number of carbonyl (C=O) groups is 2. The van der Waals surface area contributed by atoms with Crippen molar-refractivity contribution >= 4 is 39.1 Å². The van der Waals surface area contributed by atoms with E-state index in [2.05, 4.69) is 5.32 Å². The number of benzene rings is 2. The maximum atomic E-state index is 13.6. The fourth-order valence-corrected chi connectivity index (χ4v) is 5.38. The molecular weight excluding hydrogens is 510 g/mol. The first-order valence-corrected chi connectivity index (χ1v) is 14.8. The Morgan fingerprint density at radius 3 is 2.27 bits per heavy atom. The Hall–Kier alpha value is -2.58. The molecule has 1 atom stereocenters. The maximum Gasteiger partial charge on any atom is 0.243 e. The predicted molar refractivity (Wildman–Crippen MR) is 151 cm³/mol. The van der Waals surface area contributed by atoms with Crippen molar-refractivity contribution in [1.82, 2.24) is 10.2 Å². The van der Waals surface area contributed by atoms with E-state index in [1.165, 1.54) is 10.6 Å². The standard InChI is InChI=1S/C28H40ClN3O4S/c1-8-24(27(34)30-28(4,5)6)31(19-22-14-9-10-15-23(22)29)26(33)17-12-18-32(37(7,35)36)25-16-11-13-20(2)21(25)3/h9-11,13-16,24H,8,12,17-19H2,1-7H3,(H,30,34)/t24-/m1/s1. The number of sulfonamides is 1. The SMILES string of the molecule is CC[C@H](C(=O)NC(C)(C)C)N(Cc1ccccc1Cl)C(=O)CCCN(c1cccc(C)c1C)S(C)(=O)=O. The van der Waals surface area contributed by atoms with Crippen LogP contribution in [0.15, 0.2) is 42.5 Å².